The maximum atomic E-state index is 12.7. The van der Waals surface area contributed by atoms with Crippen LogP contribution in [-0.2, 0) is 0 Å². The number of aliphatic imine (C=N–C) groups is 1. The van der Waals surface area contributed by atoms with E-state index >= 15 is 0 Å². The van der Waals surface area contributed by atoms with Crippen LogP contribution in [0.1, 0.15) is 143 Å². The molecule has 0 saturated heterocycles. The average Bonchev–Trinajstić information content (AvgIpc) is 3.20. The van der Waals surface area contributed by atoms with Gasteiger partial charge in [0.25, 0.3) is 0 Å². The minimum absolute atomic E-state index is 0.428. The number of hydrogen-bond acceptors (Lipinski definition) is 7. The van der Waals surface area contributed by atoms with Gasteiger partial charge in [-0.05, 0) is 115 Å². The van der Waals surface area contributed by atoms with Crippen molar-refractivity contribution in [1.29, 1.82) is 0 Å². The smallest absolute Gasteiger partial charge is 0.343 e. The molecule has 7 nitrogen and oxygen atoms in total. The SMILES string of the molecule is CCCCCCCCCCCCOc1ccc(C(=O)Oc2ccc(C=Nc3ccc(OC(=O)c4ccc(OCCCCCCCC)cc4)cc3)cc2)cc1. The molecule has 54 heavy (non-hydrogen) atoms. The molecule has 4 rings (SSSR count). The topological polar surface area (TPSA) is 83.4 Å². The third-order valence-corrected chi connectivity index (χ3v) is 9.21. The highest BCUT2D eigenvalue weighted by Crippen LogP contribution is 2.22. The van der Waals surface area contributed by atoms with Crippen LogP contribution in [0.5, 0.6) is 23.0 Å². The number of unbranched alkanes of at least 4 members (excludes halogenated alkanes) is 14. The summed E-state index contributed by atoms with van der Waals surface area (Å²) in [6, 6.07) is 28.2. The van der Waals surface area contributed by atoms with Gasteiger partial charge in [0.2, 0.25) is 0 Å². The van der Waals surface area contributed by atoms with Crippen molar-refractivity contribution in [1.82, 2.24) is 0 Å². The van der Waals surface area contributed by atoms with Crippen molar-refractivity contribution in [3.05, 3.63) is 114 Å². The molecule has 0 N–H and O–H groups in total. The van der Waals surface area contributed by atoms with Crippen LogP contribution in [0.3, 0.4) is 0 Å². The third-order valence-electron chi connectivity index (χ3n) is 9.21. The Labute approximate surface area is 323 Å². The van der Waals surface area contributed by atoms with Crippen molar-refractivity contribution in [2.75, 3.05) is 13.2 Å². The fourth-order valence-electron chi connectivity index (χ4n) is 5.93. The second-order valence-electron chi connectivity index (χ2n) is 13.8. The Morgan fingerprint density at radius 3 is 1.20 bits per heavy atom. The van der Waals surface area contributed by atoms with Crippen LogP contribution in [-0.4, -0.2) is 31.4 Å². The van der Waals surface area contributed by atoms with Crippen LogP contribution in [0.15, 0.2) is 102 Å². The molecular weight excluding hydrogens is 675 g/mol. The van der Waals surface area contributed by atoms with Crippen LogP contribution in [0.25, 0.3) is 0 Å². The molecule has 0 fully saturated rings. The van der Waals surface area contributed by atoms with E-state index in [4.69, 9.17) is 18.9 Å². The van der Waals surface area contributed by atoms with E-state index in [1.54, 1.807) is 79.0 Å². The molecule has 0 aliphatic rings. The monoisotopic (exact) mass is 733 g/mol. The highest BCUT2D eigenvalue weighted by atomic mass is 16.5. The van der Waals surface area contributed by atoms with E-state index in [1.807, 2.05) is 24.3 Å². The number of rotatable bonds is 26. The Kier molecular flexibility index (Phi) is 19.5. The van der Waals surface area contributed by atoms with Gasteiger partial charge in [-0.15, -0.1) is 0 Å². The van der Waals surface area contributed by atoms with Gasteiger partial charge in [0.05, 0.1) is 30.0 Å². The Morgan fingerprint density at radius 2 is 0.796 bits per heavy atom. The summed E-state index contributed by atoms with van der Waals surface area (Å²) in [6.07, 6.45) is 21.9. The Morgan fingerprint density at radius 1 is 0.444 bits per heavy atom. The number of benzene rings is 4. The lowest BCUT2D eigenvalue weighted by Gasteiger charge is -2.08. The first-order chi connectivity index (χ1) is 26.5. The zero-order valence-corrected chi connectivity index (χ0v) is 32.4. The van der Waals surface area contributed by atoms with E-state index in [2.05, 4.69) is 18.8 Å². The number of carbonyl (C=O) groups is 2. The van der Waals surface area contributed by atoms with Crippen molar-refractivity contribution >= 4 is 23.8 Å². The fraction of sp³-hybridized carbons (Fsp3) is 0.426. The first kappa shape index (κ1) is 41.8. The maximum absolute atomic E-state index is 12.7. The molecule has 0 aliphatic heterocycles. The second-order valence-corrected chi connectivity index (χ2v) is 13.8. The molecule has 0 aliphatic carbocycles. The predicted octanol–water partition coefficient (Wildman–Crippen LogP) is 12.9. The minimum atomic E-state index is -0.435. The van der Waals surface area contributed by atoms with Crippen molar-refractivity contribution in [2.45, 2.75) is 117 Å². The van der Waals surface area contributed by atoms with Crippen LogP contribution < -0.4 is 18.9 Å². The molecule has 288 valence electrons. The molecule has 0 spiro atoms. The van der Waals surface area contributed by atoms with E-state index in [-0.39, 0.29) is 0 Å². The molecule has 7 heteroatoms. The second kappa shape index (κ2) is 25.2. The molecule has 0 heterocycles. The Bertz CT molecular complexity index is 1650. The first-order valence-electron chi connectivity index (χ1n) is 20.2. The molecule has 0 unspecified atom stereocenters. The molecule has 0 bridgehead atoms. The van der Waals surface area contributed by atoms with Gasteiger partial charge in [-0.3, -0.25) is 4.99 Å². The summed E-state index contributed by atoms with van der Waals surface area (Å²) in [5.74, 6) is 1.52. The van der Waals surface area contributed by atoms with Gasteiger partial charge < -0.3 is 18.9 Å². The normalized spacial score (nSPS) is 11.1. The molecule has 4 aromatic carbocycles. The highest BCUT2D eigenvalue weighted by molar-refractivity contribution is 5.92. The molecule has 0 saturated carbocycles. The summed E-state index contributed by atoms with van der Waals surface area (Å²) in [4.78, 5) is 29.9. The van der Waals surface area contributed by atoms with Crippen molar-refractivity contribution in [3.8, 4) is 23.0 Å². The standard InChI is InChI=1S/C47H59NO6/c1-3-5-7-9-11-12-13-14-16-18-36-52-43-29-21-39(22-30-43)46(49)53-44-27-19-38(20-28-44)37-48-41-25-33-45(34-26-41)54-47(50)40-23-31-42(32-24-40)51-35-17-15-10-8-6-4-2/h19-34,37H,3-18,35-36H2,1-2H3. The van der Waals surface area contributed by atoms with Gasteiger partial charge in [0.15, 0.2) is 0 Å². The van der Waals surface area contributed by atoms with Crippen molar-refractivity contribution in [2.24, 2.45) is 4.99 Å². The summed E-state index contributed by atoms with van der Waals surface area (Å²) in [5.41, 5.74) is 2.46. The molecule has 4 aromatic rings. The molecule has 0 amide bonds. The van der Waals surface area contributed by atoms with Crippen molar-refractivity contribution in [3.63, 3.8) is 0 Å². The van der Waals surface area contributed by atoms with Gasteiger partial charge >= 0.3 is 11.9 Å². The number of ether oxygens (including phenoxy) is 4. The number of hydrogen-bond donors (Lipinski definition) is 0. The number of esters is 2. The zero-order chi connectivity index (χ0) is 38.1. The first-order valence-corrected chi connectivity index (χ1v) is 20.2. The minimum Gasteiger partial charge on any atom is -0.494 e. The maximum Gasteiger partial charge on any atom is 0.343 e. The molecular formula is C47H59NO6. The Hall–Kier alpha value is -4.91. The van der Waals surface area contributed by atoms with Crippen LogP contribution in [0, 0.1) is 0 Å². The van der Waals surface area contributed by atoms with E-state index in [0.717, 1.165) is 29.9 Å². The Balaban J connectivity index is 1.12. The summed E-state index contributed by atoms with van der Waals surface area (Å²) < 4.78 is 22.8. The zero-order valence-electron chi connectivity index (χ0n) is 32.4. The van der Waals surface area contributed by atoms with Gasteiger partial charge in [-0.1, -0.05) is 104 Å². The largest absolute Gasteiger partial charge is 0.494 e. The lowest BCUT2D eigenvalue weighted by molar-refractivity contribution is 0.0725. The van der Waals surface area contributed by atoms with E-state index < -0.39 is 11.9 Å². The quantitative estimate of drug-likeness (QED) is 0.0276. The number of nitrogens with zero attached hydrogens (tertiary/aromatic N) is 1. The van der Waals surface area contributed by atoms with Crippen LogP contribution in [0.4, 0.5) is 5.69 Å². The molecule has 0 atom stereocenters. The summed E-state index contributed by atoms with van der Waals surface area (Å²) in [7, 11) is 0. The summed E-state index contributed by atoms with van der Waals surface area (Å²) >= 11 is 0. The van der Waals surface area contributed by atoms with Gasteiger partial charge in [0, 0.05) is 6.21 Å². The summed E-state index contributed by atoms with van der Waals surface area (Å²) in [6.45, 7) is 5.84. The van der Waals surface area contributed by atoms with E-state index in [1.165, 1.54) is 89.9 Å². The van der Waals surface area contributed by atoms with Crippen LogP contribution in [0.2, 0.25) is 0 Å². The average molecular weight is 734 g/mol. The van der Waals surface area contributed by atoms with Gasteiger partial charge in [0.1, 0.15) is 23.0 Å². The molecule has 0 aromatic heterocycles. The van der Waals surface area contributed by atoms with Gasteiger partial charge in [-0.25, -0.2) is 9.59 Å². The predicted molar refractivity (Wildman–Crippen MR) is 219 cm³/mol. The lowest BCUT2D eigenvalue weighted by atomic mass is 10.1. The summed E-state index contributed by atoms with van der Waals surface area (Å²) in [5, 5.41) is 0. The lowest BCUT2D eigenvalue weighted by Crippen LogP contribution is -2.08. The molecule has 0 radical (unpaired) electrons. The van der Waals surface area contributed by atoms with E-state index in [9.17, 15) is 9.59 Å². The third kappa shape index (κ3) is 16.4. The highest BCUT2D eigenvalue weighted by Gasteiger charge is 2.11. The van der Waals surface area contributed by atoms with Gasteiger partial charge in [-0.2, -0.15) is 0 Å². The van der Waals surface area contributed by atoms with E-state index in [0.29, 0.717) is 41.5 Å². The van der Waals surface area contributed by atoms with Crippen molar-refractivity contribution < 1.29 is 28.5 Å². The number of carbonyl (C=O) groups excluding carboxylic acids is 2. The fourth-order valence-corrected chi connectivity index (χ4v) is 5.93. The van der Waals surface area contributed by atoms with Crippen LogP contribution >= 0.6 is 0 Å².